The van der Waals surface area contributed by atoms with Gasteiger partial charge in [0.25, 0.3) is 5.91 Å². The van der Waals surface area contributed by atoms with E-state index >= 15 is 0 Å². The Bertz CT molecular complexity index is 755. The maximum atomic E-state index is 12.2. The van der Waals surface area contributed by atoms with E-state index in [1.807, 2.05) is 30.3 Å². The number of nitrogens with one attached hydrogen (secondary N) is 2. The van der Waals surface area contributed by atoms with Crippen LogP contribution in [0.5, 0.6) is 5.75 Å². The summed E-state index contributed by atoms with van der Waals surface area (Å²) in [6, 6.07) is 11.3. The highest BCUT2D eigenvalue weighted by atomic mass is 16.5. The summed E-state index contributed by atoms with van der Waals surface area (Å²) in [7, 11) is 1.52. The Morgan fingerprint density at radius 3 is 2.65 bits per heavy atom. The van der Waals surface area contributed by atoms with Gasteiger partial charge in [-0.2, -0.15) is 0 Å². The van der Waals surface area contributed by atoms with Crippen LogP contribution in [0.4, 0.5) is 5.95 Å². The summed E-state index contributed by atoms with van der Waals surface area (Å²) in [6.07, 6.45) is 0. The molecule has 0 saturated heterocycles. The molecular formula is C13H11N5O2. The number of rotatable bonds is 3. The highest BCUT2D eigenvalue weighted by Gasteiger charge is 2.15. The first-order chi connectivity index (χ1) is 9.78. The van der Waals surface area contributed by atoms with E-state index in [-0.39, 0.29) is 11.9 Å². The van der Waals surface area contributed by atoms with Crippen LogP contribution in [0.2, 0.25) is 0 Å². The predicted octanol–water partition coefficient (Wildman–Crippen LogP) is 1.61. The number of amides is 1. The van der Waals surface area contributed by atoms with Gasteiger partial charge in [-0.1, -0.05) is 29.4 Å². The Labute approximate surface area is 113 Å². The number of tetrazole rings is 1. The van der Waals surface area contributed by atoms with E-state index in [4.69, 9.17) is 4.74 Å². The average Bonchev–Trinajstić information content (AvgIpc) is 2.98. The number of H-pyrrole nitrogens is 1. The van der Waals surface area contributed by atoms with Gasteiger partial charge in [0.05, 0.1) is 12.7 Å². The molecule has 0 saturated carbocycles. The maximum Gasteiger partial charge on any atom is 0.261 e. The number of anilines is 1. The Morgan fingerprint density at radius 2 is 2.00 bits per heavy atom. The normalized spacial score (nSPS) is 10.4. The Morgan fingerprint density at radius 1 is 1.25 bits per heavy atom. The zero-order valence-electron chi connectivity index (χ0n) is 10.6. The fourth-order valence-electron chi connectivity index (χ4n) is 1.95. The molecular weight excluding hydrogens is 258 g/mol. The van der Waals surface area contributed by atoms with Gasteiger partial charge in [0, 0.05) is 0 Å². The number of ether oxygens (including phenoxy) is 1. The second kappa shape index (κ2) is 4.96. The SMILES string of the molecule is COc1cc2ccccc2cc1C(=O)Nc1nnn[nH]1. The van der Waals surface area contributed by atoms with Crippen LogP contribution in [0.3, 0.4) is 0 Å². The number of hydrogen-bond donors (Lipinski definition) is 2. The van der Waals surface area contributed by atoms with Crippen molar-refractivity contribution in [3.63, 3.8) is 0 Å². The van der Waals surface area contributed by atoms with Gasteiger partial charge in [0.15, 0.2) is 0 Å². The van der Waals surface area contributed by atoms with Crippen LogP contribution in [0.1, 0.15) is 10.4 Å². The lowest BCUT2D eigenvalue weighted by molar-refractivity contribution is 0.102. The summed E-state index contributed by atoms with van der Waals surface area (Å²) >= 11 is 0. The van der Waals surface area contributed by atoms with Crippen LogP contribution >= 0.6 is 0 Å². The number of methoxy groups -OCH3 is 1. The molecule has 0 bridgehead atoms. The molecule has 3 aromatic rings. The van der Waals surface area contributed by atoms with Gasteiger partial charge in [-0.3, -0.25) is 10.1 Å². The third-order valence-electron chi connectivity index (χ3n) is 2.89. The first-order valence-electron chi connectivity index (χ1n) is 5.90. The smallest absolute Gasteiger partial charge is 0.261 e. The molecule has 0 atom stereocenters. The van der Waals surface area contributed by atoms with Gasteiger partial charge in [-0.25, -0.2) is 5.10 Å². The average molecular weight is 269 g/mol. The molecule has 7 heteroatoms. The topological polar surface area (TPSA) is 92.8 Å². The molecule has 1 heterocycles. The van der Waals surface area contributed by atoms with Gasteiger partial charge in [0.1, 0.15) is 5.75 Å². The van der Waals surface area contributed by atoms with Crippen LogP contribution < -0.4 is 10.1 Å². The zero-order valence-corrected chi connectivity index (χ0v) is 10.6. The molecule has 1 amide bonds. The second-order valence-electron chi connectivity index (χ2n) is 4.10. The van der Waals surface area contributed by atoms with E-state index in [1.54, 1.807) is 6.07 Å². The molecule has 0 radical (unpaired) electrons. The van der Waals surface area contributed by atoms with Crippen molar-refractivity contribution in [3.8, 4) is 5.75 Å². The van der Waals surface area contributed by atoms with Crippen LogP contribution in [-0.4, -0.2) is 33.6 Å². The Balaban J connectivity index is 2.02. The van der Waals surface area contributed by atoms with Crippen molar-refractivity contribution in [3.05, 3.63) is 42.0 Å². The highest BCUT2D eigenvalue weighted by molar-refractivity contribution is 6.08. The molecule has 3 rings (SSSR count). The molecule has 0 spiro atoms. The number of carbonyl (C=O) groups excluding carboxylic acids is 1. The molecule has 2 N–H and O–H groups in total. The monoisotopic (exact) mass is 269 g/mol. The van der Waals surface area contributed by atoms with Crippen molar-refractivity contribution in [2.45, 2.75) is 0 Å². The standard InChI is InChI=1S/C13H11N5O2/c1-20-11-7-9-5-3-2-4-8(9)6-10(11)12(19)14-13-15-17-18-16-13/h2-7H,1H3,(H2,14,15,16,17,18,19). The number of benzene rings is 2. The van der Waals surface area contributed by atoms with E-state index in [1.165, 1.54) is 7.11 Å². The van der Waals surface area contributed by atoms with Crippen LogP contribution in [0, 0.1) is 0 Å². The lowest BCUT2D eigenvalue weighted by atomic mass is 10.1. The van der Waals surface area contributed by atoms with Crippen molar-refractivity contribution in [2.24, 2.45) is 0 Å². The van der Waals surface area contributed by atoms with Gasteiger partial charge >= 0.3 is 0 Å². The summed E-state index contributed by atoms with van der Waals surface area (Å²) in [4.78, 5) is 12.2. The predicted molar refractivity (Wildman–Crippen MR) is 72.6 cm³/mol. The van der Waals surface area contributed by atoms with Crippen molar-refractivity contribution in [2.75, 3.05) is 12.4 Å². The van der Waals surface area contributed by atoms with Crippen LogP contribution in [0.15, 0.2) is 36.4 Å². The number of aromatic amines is 1. The van der Waals surface area contributed by atoms with E-state index in [0.717, 1.165) is 10.8 Å². The fourth-order valence-corrected chi connectivity index (χ4v) is 1.95. The van der Waals surface area contributed by atoms with Crippen LogP contribution in [0.25, 0.3) is 10.8 Å². The van der Waals surface area contributed by atoms with Crippen molar-refractivity contribution in [1.82, 2.24) is 20.6 Å². The Kier molecular flexibility index (Phi) is 3.00. The van der Waals surface area contributed by atoms with Gasteiger partial charge in [-0.05, 0) is 33.3 Å². The molecule has 1 aromatic heterocycles. The number of hydrogen-bond acceptors (Lipinski definition) is 5. The lowest BCUT2D eigenvalue weighted by Gasteiger charge is -2.09. The molecule has 0 aliphatic rings. The van der Waals surface area contributed by atoms with E-state index < -0.39 is 0 Å². The summed E-state index contributed by atoms with van der Waals surface area (Å²) in [5.41, 5.74) is 0.419. The third-order valence-corrected chi connectivity index (χ3v) is 2.89. The third kappa shape index (κ3) is 2.16. The molecule has 20 heavy (non-hydrogen) atoms. The van der Waals surface area contributed by atoms with Crippen molar-refractivity contribution >= 4 is 22.6 Å². The Hall–Kier alpha value is -2.96. The second-order valence-corrected chi connectivity index (χ2v) is 4.10. The van der Waals surface area contributed by atoms with Crippen molar-refractivity contribution in [1.29, 1.82) is 0 Å². The van der Waals surface area contributed by atoms with Gasteiger partial charge in [0.2, 0.25) is 5.95 Å². The molecule has 0 aliphatic carbocycles. The number of aromatic nitrogens is 4. The molecule has 0 fully saturated rings. The van der Waals surface area contributed by atoms with E-state index in [9.17, 15) is 4.79 Å². The lowest BCUT2D eigenvalue weighted by Crippen LogP contribution is -2.14. The van der Waals surface area contributed by atoms with Gasteiger partial charge < -0.3 is 4.74 Å². The zero-order chi connectivity index (χ0) is 13.9. The molecule has 0 unspecified atom stereocenters. The molecule has 2 aromatic carbocycles. The molecule has 100 valence electrons. The summed E-state index contributed by atoms with van der Waals surface area (Å²) in [5, 5.41) is 17.4. The largest absolute Gasteiger partial charge is 0.496 e. The number of fused-ring (bicyclic) bond motifs is 1. The summed E-state index contributed by atoms with van der Waals surface area (Å²) in [5.74, 6) is 0.338. The maximum absolute atomic E-state index is 12.2. The minimum absolute atomic E-state index is 0.185. The summed E-state index contributed by atoms with van der Waals surface area (Å²) < 4.78 is 5.27. The number of carbonyl (C=O) groups is 1. The number of nitrogens with zero attached hydrogens (tertiary/aromatic N) is 3. The fraction of sp³-hybridized carbons (Fsp3) is 0.0769. The minimum Gasteiger partial charge on any atom is -0.496 e. The van der Waals surface area contributed by atoms with Crippen molar-refractivity contribution < 1.29 is 9.53 Å². The minimum atomic E-state index is -0.342. The quantitative estimate of drug-likeness (QED) is 0.753. The summed E-state index contributed by atoms with van der Waals surface area (Å²) in [6.45, 7) is 0. The molecule has 7 nitrogen and oxygen atoms in total. The van der Waals surface area contributed by atoms with E-state index in [0.29, 0.717) is 11.3 Å². The van der Waals surface area contributed by atoms with E-state index in [2.05, 4.69) is 25.9 Å². The first kappa shape index (κ1) is 12.1. The first-order valence-corrected chi connectivity index (χ1v) is 5.90. The van der Waals surface area contributed by atoms with Crippen LogP contribution in [-0.2, 0) is 0 Å². The highest BCUT2D eigenvalue weighted by Crippen LogP contribution is 2.26. The molecule has 0 aliphatic heterocycles. The van der Waals surface area contributed by atoms with Gasteiger partial charge in [-0.15, -0.1) is 0 Å².